The van der Waals surface area contributed by atoms with Crippen molar-refractivity contribution in [1.29, 1.82) is 0 Å². The number of ether oxygens (including phenoxy) is 1. The lowest BCUT2D eigenvalue weighted by Crippen LogP contribution is -2.33. The van der Waals surface area contributed by atoms with Crippen molar-refractivity contribution in [3.8, 4) is 0 Å². The van der Waals surface area contributed by atoms with Gasteiger partial charge in [0.15, 0.2) is 18.4 Å². The Labute approximate surface area is 123 Å². The van der Waals surface area contributed by atoms with E-state index < -0.39 is 37.3 Å². The fourth-order valence-corrected chi connectivity index (χ4v) is 2.44. The monoisotopic (exact) mass is 310 g/mol. The van der Waals surface area contributed by atoms with Gasteiger partial charge in [0, 0.05) is 0 Å². The fraction of sp³-hybridized carbons (Fsp3) is 0.600. The third-order valence-corrected chi connectivity index (χ3v) is 3.59. The molecule has 2 aliphatic rings. The van der Waals surface area contributed by atoms with Crippen LogP contribution < -0.4 is 5.73 Å². The zero-order valence-corrected chi connectivity index (χ0v) is 11.2. The van der Waals surface area contributed by atoms with Crippen LogP contribution >= 0.6 is 0 Å². The van der Waals surface area contributed by atoms with Crippen LogP contribution in [0.3, 0.4) is 0 Å². The molecule has 1 aromatic heterocycles. The number of imidazole rings is 1. The number of hydrogen-bond donors (Lipinski definition) is 4. The second kappa shape index (κ2) is 5.53. The Bertz CT molecular complexity index is 641. The second-order valence-electron chi connectivity index (χ2n) is 4.84. The van der Waals surface area contributed by atoms with E-state index in [1.807, 2.05) is 0 Å². The Morgan fingerprint density at radius 2 is 2.23 bits per heavy atom. The maximum Gasteiger partial charge on any atom is 0.202 e. The van der Waals surface area contributed by atoms with Crippen LogP contribution in [0.2, 0.25) is 0 Å². The third-order valence-electron chi connectivity index (χ3n) is 3.59. The van der Waals surface area contributed by atoms with Crippen LogP contribution in [-0.2, 0) is 4.74 Å². The summed E-state index contributed by atoms with van der Waals surface area (Å²) in [6, 6.07) is 0. The Hall–Kier alpha value is -2.21. The number of nitrogens with two attached hydrogens (primary N) is 1. The average Bonchev–Trinajstić information content (AvgIpc) is 3.05. The number of rotatable bonds is 3. The number of nitrogens with zero attached hydrogens (tertiary/aromatic N) is 7. The largest absolute Gasteiger partial charge is 0.394 e. The second-order valence-corrected chi connectivity index (χ2v) is 4.84. The van der Waals surface area contributed by atoms with Crippen molar-refractivity contribution >= 4 is 12.2 Å². The van der Waals surface area contributed by atoms with E-state index in [0.717, 1.165) is 5.01 Å². The summed E-state index contributed by atoms with van der Waals surface area (Å²) in [4.78, 5) is 10.8. The molecule has 12 heteroatoms. The standard InChI is InChI=1S/C10H14N8O4/c11-8-5-9(14-3-18(8)16-15-12)17(2-13-5)10-7(21)6(20)4(1-19)22-10/h2-4,6-8,10,19-21H,1,11H2/t4-,6?,7?,8?,10-/m1/s1. The van der Waals surface area contributed by atoms with Crippen LogP contribution in [0, 0.1) is 0 Å². The van der Waals surface area contributed by atoms with E-state index in [1.54, 1.807) is 0 Å². The Balaban J connectivity index is 1.93. The zero-order chi connectivity index (χ0) is 15.9. The molecule has 2 aliphatic heterocycles. The van der Waals surface area contributed by atoms with Gasteiger partial charge in [0.25, 0.3) is 0 Å². The first-order valence-corrected chi connectivity index (χ1v) is 6.40. The molecule has 0 amide bonds. The highest BCUT2D eigenvalue weighted by molar-refractivity contribution is 5.65. The first-order valence-electron chi connectivity index (χ1n) is 6.40. The summed E-state index contributed by atoms with van der Waals surface area (Å²) in [7, 11) is 0. The Morgan fingerprint density at radius 1 is 1.45 bits per heavy atom. The maximum absolute atomic E-state index is 10.0. The maximum atomic E-state index is 10.0. The van der Waals surface area contributed by atoms with Crippen LogP contribution in [0.5, 0.6) is 0 Å². The molecule has 0 saturated carbocycles. The number of hydrogen-bond acceptors (Lipinski definition) is 8. The highest BCUT2D eigenvalue weighted by Crippen LogP contribution is 2.36. The van der Waals surface area contributed by atoms with E-state index in [2.05, 4.69) is 20.1 Å². The molecule has 3 heterocycles. The Kier molecular flexibility index (Phi) is 3.70. The highest BCUT2D eigenvalue weighted by Gasteiger charge is 2.45. The fourth-order valence-electron chi connectivity index (χ4n) is 2.44. The normalized spacial score (nSPS) is 33.6. The number of azide groups is 1. The molecule has 3 rings (SSSR count). The third kappa shape index (κ3) is 2.11. The van der Waals surface area contributed by atoms with Crippen LogP contribution in [0.4, 0.5) is 5.82 Å². The molecular weight excluding hydrogens is 296 g/mol. The molecule has 3 unspecified atom stereocenters. The van der Waals surface area contributed by atoms with Crippen molar-refractivity contribution in [2.75, 3.05) is 6.61 Å². The minimum atomic E-state index is -1.25. The van der Waals surface area contributed by atoms with Crippen LogP contribution in [-0.4, -0.2) is 61.1 Å². The van der Waals surface area contributed by atoms with Crippen LogP contribution in [0.15, 0.2) is 16.5 Å². The number of aliphatic imine (C=N–C) groups is 1. The molecule has 12 nitrogen and oxygen atoms in total. The van der Waals surface area contributed by atoms with Crippen molar-refractivity contribution in [1.82, 2.24) is 14.6 Å². The van der Waals surface area contributed by atoms with Crippen molar-refractivity contribution in [2.24, 2.45) is 15.9 Å². The topological polar surface area (TPSA) is 178 Å². The summed E-state index contributed by atoms with van der Waals surface area (Å²) < 4.78 is 6.82. The van der Waals surface area contributed by atoms with E-state index in [-0.39, 0.29) is 0 Å². The van der Waals surface area contributed by atoms with Crippen molar-refractivity contribution in [3.05, 3.63) is 22.5 Å². The molecule has 22 heavy (non-hydrogen) atoms. The molecule has 0 aliphatic carbocycles. The molecule has 1 saturated heterocycles. The Morgan fingerprint density at radius 3 is 2.86 bits per heavy atom. The lowest BCUT2D eigenvalue weighted by atomic mass is 10.1. The first kappa shape index (κ1) is 14.7. The summed E-state index contributed by atoms with van der Waals surface area (Å²) in [6.45, 7) is -0.431. The summed E-state index contributed by atoms with van der Waals surface area (Å²) in [6.07, 6.45) is -2.60. The van der Waals surface area contributed by atoms with Gasteiger partial charge < -0.3 is 20.1 Å². The predicted molar refractivity (Wildman–Crippen MR) is 71.3 cm³/mol. The molecule has 0 spiro atoms. The minimum Gasteiger partial charge on any atom is -0.394 e. The molecule has 0 aromatic carbocycles. The van der Waals surface area contributed by atoms with Crippen molar-refractivity contribution < 1.29 is 20.1 Å². The van der Waals surface area contributed by atoms with Crippen LogP contribution in [0.1, 0.15) is 18.1 Å². The summed E-state index contributed by atoms with van der Waals surface area (Å²) in [5.41, 5.74) is 14.7. The SMILES string of the molecule is [N-]=[N+]=NN1C=Nc2c(ncn2[C@@H]2O[C@H](CO)C(O)C2O)C1N. The number of fused-ring (bicyclic) bond motifs is 1. The first-order chi connectivity index (χ1) is 10.6. The van der Waals surface area contributed by atoms with Gasteiger partial charge in [-0.15, -0.1) is 5.53 Å². The summed E-state index contributed by atoms with van der Waals surface area (Å²) in [5, 5.41) is 33.4. The molecule has 5 N–H and O–H groups in total. The number of aliphatic hydroxyl groups excluding tert-OH is 3. The van der Waals surface area contributed by atoms with Gasteiger partial charge in [-0.2, -0.15) is 14.9 Å². The smallest absolute Gasteiger partial charge is 0.202 e. The molecule has 1 fully saturated rings. The molecule has 118 valence electrons. The van der Waals surface area contributed by atoms with Gasteiger partial charge in [0.2, 0.25) is 6.17 Å². The minimum absolute atomic E-state index is 0.312. The van der Waals surface area contributed by atoms with E-state index in [4.69, 9.17) is 21.1 Å². The molecule has 1 aromatic rings. The molecule has 5 atom stereocenters. The average molecular weight is 310 g/mol. The van der Waals surface area contributed by atoms with Crippen molar-refractivity contribution in [3.63, 3.8) is 0 Å². The van der Waals surface area contributed by atoms with Gasteiger partial charge in [-0.1, -0.05) is 0 Å². The van der Waals surface area contributed by atoms with Crippen LogP contribution in [0.25, 0.3) is 10.4 Å². The van der Waals surface area contributed by atoms with E-state index >= 15 is 0 Å². The van der Waals surface area contributed by atoms with Gasteiger partial charge >= 0.3 is 0 Å². The molecule has 0 bridgehead atoms. The van der Waals surface area contributed by atoms with E-state index in [1.165, 1.54) is 17.2 Å². The van der Waals surface area contributed by atoms with Gasteiger partial charge in [0.1, 0.15) is 24.0 Å². The van der Waals surface area contributed by atoms with Gasteiger partial charge in [-0.05, 0) is 5.22 Å². The molecular formula is C10H14N8O4. The van der Waals surface area contributed by atoms with E-state index in [0.29, 0.717) is 11.5 Å². The van der Waals surface area contributed by atoms with Gasteiger partial charge in [0.05, 0.1) is 12.9 Å². The van der Waals surface area contributed by atoms with Crippen molar-refractivity contribution in [2.45, 2.75) is 30.7 Å². The number of aliphatic hydroxyl groups is 3. The quantitative estimate of drug-likeness (QED) is 0.303. The lowest BCUT2D eigenvalue weighted by Gasteiger charge is -2.22. The van der Waals surface area contributed by atoms with Gasteiger partial charge in [-0.25, -0.2) is 4.98 Å². The molecule has 0 radical (unpaired) electrons. The predicted octanol–water partition coefficient (Wildman–Crippen LogP) is -1.35. The highest BCUT2D eigenvalue weighted by atomic mass is 16.6. The zero-order valence-electron chi connectivity index (χ0n) is 11.2. The number of aromatic nitrogens is 2. The summed E-state index contributed by atoms with van der Waals surface area (Å²) >= 11 is 0. The summed E-state index contributed by atoms with van der Waals surface area (Å²) in [5.74, 6) is 0.312. The van der Waals surface area contributed by atoms with Gasteiger partial charge in [-0.3, -0.25) is 10.3 Å². The van der Waals surface area contributed by atoms with E-state index in [9.17, 15) is 10.2 Å². The lowest BCUT2D eigenvalue weighted by molar-refractivity contribution is -0.0520.